The highest BCUT2D eigenvalue weighted by molar-refractivity contribution is 5.68. The lowest BCUT2D eigenvalue weighted by Gasteiger charge is -2.10. The molecule has 0 aliphatic heterocycles. The summed E-state index contributed by atoms with van der Waals surface area (Å²) in [5.41, 5.74) is 5.72. The Balaban J connectivity index is 1.77. The maximum atomic E-state index is 4.41. The summed E-state index contributed by atoms with van der Waals surface area (Å²) in [6, 6.07) is 4.10. The van der Waals surface area contributed by atoms with Gasteiger partial charge in [0.05, 0.1) is 6.20 Å². The van der Waals surface area contributed by atoms with Crippen LogP contribution in [0.15, 0.2) is 61.0 Å². The fourth-order valence-corrected chi connectivity index (χ4v) is 2.58. The number of nitrogens with one attached hydrogen (secondary N) is 2. The molecule has 2 aromatic rings. The summed E-state index contributed by atoms with van der Waals surface area (Å²) in [6.07, 6.45) is 9.99. The zero-order chi connectivity index (χ0) is 16.2. The fourth-order valence-electron chi connectivity index (χ4n) is 2.58. The molecule has 1 aliphatic rings. The van der Waals surface area contributed by atoms with Crippen LogP contribution in [-0.2, 0) is 0 Å². The van der Waals surface area contributed by atoms with Gasteiger partial charge in [-0.15, -0.1) is 0 Å². The number of allylic oxidation sites excluding steroid dienone is 2. The van der Waals surface area contributed by atoms with Gasteiger partial charge < -0.3 is 5.32 Å². The predicted molar refractivity (Wildman–Crippen MR) is 95.4 cm³/mol. The summed E-state index contributed by atoms with van der Waals surface area (Å²) in [4.78, 5) is 4.41. The SMILES string of the molecule is C=C/C=C(/CNc1cc(-c2cn[nH]c2C2CC2)ccn1)C(=C)C. The van der Waals surface area contributed by atoms with E-state index in [1.807, 2.05) is 31.5 Å². The first-order chi connectivity index (χ1) is 11.2. The molecule has 0 unspecified atom stereocenters. The molecule has 0 bridgehead atoms. The fraction of sp³-hybridized carbons (Fsp3) is 0.263. The van der Waals surface area contributed by atoms with Crippen LogP contribution < -0.4 is 5.32 Å². The number of anilines is 1. The maximum absolute atomic E-state index is 4.41. The molecule has 2 aromatic heterocycles. The molecular formula is C19H22N4. The van der Waals surface area contributed by atoms with Gasteiger partial charge in [0.2, 0.25) is 0 Å². The summed E-state index contributed by atoms with van der Waals surface area (Å²) in [5.74, 6) is 1.49. The minimum atomic E-state index is 0.641. The Morgan fingerprint density at radius 2 is 2.30 bits per heavy atom. The van der Waals surface area contributed by atoms with E-state index >= 15 is 0 Å². The van der Waals surface area contributed by atoms with Crippen LogP contribution in [-0.4, -0.2) is 21.7 Å². The van der Waals surface area contributed by atoms with Crippen molar-refractivity contribution in [3.63, 3.8) is 0 Å². The Morgan fingerprint density at radius 3 is 3.00 bits per heavy atom. The highest BCUT2D eigenvalue weighted by atomic mass is 15.1. The first kappa shape index (κ1) is 15.3. The van der Waals surface area contributed by atoms with E-state index in [-0.39, 0.29) is 0 Å². The van der Waals surface area contributed by atoms with Crippen molar-refractivity contribution in [2.24, 2.45) is 0 Å². The first-order valence-electron chi connectivity index (χ1n) is 7.90. The monoisotopic (exact) mass is 306 g/mol. The molecule has 0 spiro atoms. The topological polar surface area (TPSA) is 53.6 Å². The number of H-pyrrole nitrogens is 1. The Bertz CT molecular complexity index is 750. The second-order valence-corrected chi connectivity index (χ2v) is 5.96. The van der Waals surface area contributed by atoms with Crippen LogP contribution >= 0.6 is 0 Å². The Kier molecular flexibility index (Phi) is 4.42. The lowest BCUT2D eigenvalue weighted by Crippen LogP contribution is -2.06. The van der Waals surface area contributed by atoms with Gasteiger partial charge in [-0.1, -0.05) is 30.9 Å². The van der Waals surface area contributed by atoms with Gasteiger partial charge in [-0.05, 0) is 43.0 Å². The molecule has 0 amide bonds. The molecule has 3 rings (SSSR count). The molecule has 2 heterocycles. The average molecular weight is 306 g/mol. The number of nitrogens with zero attached hydrogens (tertiary/aromatic N) is 2. The number of pyridine rings is 1. The molecule has 1 aliphatic carbocycles. The van der Waals surface area contributed by atoms with E-state index in [4.69, 9.17) is 0 Å². The highest BCUT2D eigenvalue weighted by Crippen LogP contribution is 2.43. The molecule has 2 N–H and O–H groups in total. The number of rotatable bonds is 7. The third kappa shape index (κ3) is 3.59. The summed E-state index contributed by atoms with van der Waals surface area (Å²) in [6.45, 7) is 10.4. The van der Waals surface area contributed by atoms with E-state index in [9.17, 15) is 0 Å². The molecule has 0 radical (unpaired) electrons. The zero-order valence-corrected chi connectivity index (χ0v) is 13.5. The van der Waals surface area contributed by atoms with E-state index < -0.39 is 0 Å². The third-order valence-electron chi connectivity index (χ3n) is 4.05. The quantitative estimate of drug-likeness (QED) is 0.743. The molecule has 0 aromatic carbocycles. The van der Waals surface area contributed by atoms with Crippen molar-refractivity contribution in [3.8, 4) is 11.1 Å². The lowest BCUT2D eigenvalue weighted by molar-refractivity contribution is 0.966. The standard InChI is InChI=1S/C19H22N4/c1-4-5-16(13(2)3)11-21-18-10-15(8-9-20-18)17-12-22-23-19(17)14-6-7-14/h4-5,8-10,12,14H,1-2,6-7,11H2,3H3,(H,20,21)(H,22,23)/b16-5-. The molecule has 4 heteroatoms. The van der Waals surface area contributed by atoms with Crippen LogP contribution in [0.3, 0.4) is 0 Å². The van der Waals surface area contributed by atoms with Crippen molar-refractivity contribution in [1.29, 1.82) is 0 Å². The van der Waals surface area contributed by atoms with E-state index in [0.717, 1.165) is 22.5 Å². The van der Waals surface area contributed by atoms with Crippen molar-refractivity contribution >= 4 is 5.82 Å². The number of hydrogen-bond acceptors (Lipinski definition) is 3. The molecule has 118 valence electrons. The first-order valence-corrected chi connectivity index (χ1v) is 7.90. The number of aromatic nitrogens is 3. The van der Waals surface area contributed by atoms with Crippen molar-refractivity contribution in [2.75, 3.05) is 11.9 Å². The predicted octanol–water partition coefficient (Wildman–Crippen LogP) is 4.45. The van der Waals surface area contributed by atoms with Crippen LogP contribution in [0.4, 0.5) is 5.82 Å². The largest absolute Gasteiger partial charge is 0.366 e. The Labute approximate surface area is 137 Å². The van der Waals surface area contributed by atoms with Crippen molar-refractivity contribution in [1.82, 2.24) is 15.2 Å². The molecule has 0 atom stereocenters. The van der Waals surface area contributed by atoms with Crippen LogP contribution in [0.1, 0.15) is 31.4 Å². The molecule has 4 nitrogen and oxygen atoms in total. The molecule has 1 saturated carbocycles. The van der Waals surface area contributed by atoms with Crippen molar-refractivity contribution in [3.05, 3.63) is 66.7 Å². The number of hydrogen-bond donors (Lipinski definition) is 2. The highest BCUT2D eigenvalue weighted by Gasteiger charge is 2.28. The summed E-state index contributed by atoms with van der Waals surface area (Å²) in [5, 5.41) is 10.7. The van der Waals surface area contributed by atoms with Crippen molar-refractivity contribution < 1.29 is 0 Å². The van der Waals surface area contributed by atoms with Gasteiger partial charge in [0, 0.05) is 29.9 Å². The lowest BCUT2D eigenvalue weighted by atomic mass is 10.1. The second-order valence-electron chi connectivity index (χ2n) is 5.96. The van der Waals surface area contributed by atoms with E-state index in [0.29, 0.717) is 12.5 Å². The Hall–Kier alpha value is -2.62. The van der Waals surface area contributed by atoms with Gasteiger partial charge >= 0.3 is 0 Å². The van der Waals surface area contributed by atoms with Gasteiger partial charge in [-0.3, -0.25) is 5.10 Å². The van der Waals surface area contributed by atoms with Crippen LogP contribution in [0, 0.1) is 0 Å². The summed E-state index contributed by atoms with van der Waals surface area (Å²) < 4.78 is 0. The van der Waals surface area contributed by atoms with Gasteiger partial charge in [-0.2, -0.15) is 5.10 Å². The zero-order valence-electron chi connectivity index (χ0n) is 13.5. The minimum Gasteiger partial charge on any atom is -0.366 e. The van der Waals surface area contributed by atoms with E-state index in [1.165, 1.54) is 24.1 Å². The average Bonchev–Trinajstić information content (AvgIpc) is 3.28. The van der Waals surface area contributed by atoms with Crippen LogP contribution in [0.25, 0.3) is 11.1 Å². The van der Waals surface area contributed by atoms with Crippen molar-refractivity contribution in [2.45, 2.75) is 25.7 Å². The summed E-state index contributed by atoms with van der Waals surface area (Å²) >= 11 is 0. The van der Waals surface area contributed by atoms with Gasteiger partial charge in [0.1, 0.15) is 5.82 Å². The smallest absolute Gasteiger partial charge is 0.126 e. The van der Waals surface area contributed by atoms with E-state index in [2.05, 4.69) is 39.7 Å². The van der Waals surface area contributed by atoms with E-state index in [1.54, 1.807) is 6.08 Å². The molecule has 1 fully saturated rings. The summed E-state index contributed by atoms with van der Waals surface area (Å²) in [7, 11) is 0. The number of aromatic amines is 1. The third-order valence-corrected chi connectivity index (χ3v) is 4.05. The van der Waals surface area contributed by atoms with Crippen LogP contribution in [0.5, 0.6) is 0 Å². The Morgan fingerprint density at radius 1 is 1.48 bits per heavy atom. The minimum absolute atomic E-state index is 0.641. The van der Waals surface area contributed by atoms with Gasteiger partial charge in [0.25, 0.3) is 0 Å². The normalized spacial score (nSPS) is 14.6. The molecule has 23 heavy (non-hydrogen) atoms. The maximum Gasteiger partial charge on any atom is 0.126 e. The van der Waals surface area contributed by atoms with Gasteiger partial charge in [-0.25, -0.2) is 4.98 Å². The molecular weight excluding hydrogens is 284 g/mol. The molecule has 0 saturated heterocycles. The van der Waals surface area contributed by atoms with Gasteiger partial charge in [0.15, 0.2) is 0 Å². The van der Waals surface area contributed by atoms with Crippen LogP contribution in [0.2, 0.25) is 0 Å². The second kappa shape index (κ2) is 6.65.